The van der Waals surface area contributed by atoms with Crippen LogP contribution in [0.25, 0.3) is 0 Å². The summed E-state index contributed by atoms with van der Waals surface area (Å²) < 4.78 is 12.2. The van der Waals surface area contributed by atoms with Crippen LogP contribution < -0.4 is 9.47 Å². The highest BCUT2D eigenvalue weighted by molar-refractivity contribution is 9.10. The van der Waals surface area contributed by atoms with Gasteiger partial charge < -0.3 is 9.47 Å². The quantitative estimate of drug-likeness (QED) is 0.436. The van der Waals surface area contributed by atoms with Crippen molar-refractivity contribution >= 4 is 27.8 Å². The molecule has 0 aliphatic carbocycles. The maximum Gasteiger partial charge on any atom is 0.134 e. The molecule has 0 spiro atoms. The van der Waals surface area contributed by atoms with E-state index >= 15 is 0 Å². The number of aliphatic imine (C=N–C) groups is 1. The molecule has 0 atom stereocenters. The van der Waals surface area contributed by atoms with Gasteiger partial charge in [0.2, 0.25) is 0 Å². The Hall–Kier alpha value is -2.59. The minimum atomic E-state index is 0.541. The number of halogens is 1. The summed E-state index contributed by atoms with van der Waals surface area (Å²) >= 11 is 3.57. The van der Waals surface area contributed by atoms with Gasteiger partial charge in [0, 0.05) is 6.21 Å². The van der Waals surface area contributed by atoms with Crippen LogP contribution in [0.2, 0.25) is 0 Å². The fourth-order valence-corrected chi connectivity index (χ4v) is 2.90. The van der Waals surface area contributed by atoms with Crippen molar-refractivity contribution in [3.05, 3.63) is 88.4 Å². The summed E-state index contributed by atoms with van der Waals surface area (Å²) in [5.74, 6) is 1.67. The lowest BCUT2D eigenvalue weighted by atomic mass is 10.2. The van der Waals surface area contributed by atoms with Crippen LogP contribution in [0.1, 0.15) is 18.1 Å². The van der Waals surface area contributed by atoms with Crippen molar-refractivity contribution < 1.29 is 9.47 Å². The second kappa shape index (κ2) is 9.20. The van der Waals surface area contributed by atoms with E-state index in [9.17, 15) is 0 Å². The average molecular weight is 410 g/mol. The predicted molar refractivity (Wildman–Crippen MR) is 110 cm³/mol. The van der Waals surface area contributed by atoms with Crippen LogP contribution >= 0.6 is 15.9 Å². The molecule has 3 aromatic rings. The summed E-state index contributed by atoms with van der Waals surface area (Å²) in [7, 11) is 0. The van der Waals surface area contributed by atoms with Gasteiger partial charge in [-0.05, 0) is 76.4 Å². The Balaban J connectivity index is 1.63. The van der Waals surface area contributed by atoms with Crippen molar-refractivity contribution in [3.8, 4) is 11.5 Å². The summed E-state index contributed by atoms with van der Waals surface area (Å²) in [6.07, 6.45) is 1.83. The van der Waals surface area contributed by atoms with E-state index in [1.165, 1.54) is 0 Å². The van der Waals surface area contributed by atoms with Crippen molar-refractivity contribution in [1.29, 1.82) is 0 Å². The van der Waals surface area contributed by atoms with Crippen LogP contribution in [0.3, 0.4) is 0 Å². The maximum absolute atomic E-state index is 5.87. The van der Waals surface area contributed by atoms with Gasteiger partial charge in [-0.15, -0.1) is 0 Å². The lowest BCUT2D eigenvalue weighted by Gasteiger charge is -2.09. The van der Waals surface area contributed by atoms with Gasteiger partial charge in [-0.1, -0.05) is 30.3 Å². The molecule has 3 aromatic carbocycles. The van der Waals surface area contributed by atoms with Crippen LogP contribution in [-0.2, 0) is 6.61 Å². The zero-order valence-electron chi connectivity index (χ0n) is 14.6. The topological polar surface area (TPSA) is 30.8 Å². The van der Waals surface area contributed by atoms with Crippen LogP contribution in [0, 0.1) is 0 Å². The van der Waals surface area contributed by atoms with Crippen LogP contribution in [0.5, 0.6) is 11.5 Å². The Morgan fingerprint density at radius 2 is 1.69 bits per heavy atom. The van der Waals surface area contributed by atoms with E-state index in [-0.39, 0.29) is 0 Å². The molecule has 0 heterocycles. The lowest BCUT2D eigenvalue weighted by Crippen LogP contribution is -1.96. The normalized spacial score (nSPS) is 10.8. The van der Waals surface area contributed by atoms with Crippen molar-refractivity contribution in [1.82, 2.24) is 0 Å². The zero-order valence-corrected chi connectivity index (χ0v) is 16.1. The van der Waals surface area contributed by atoms with Gasteiger partial charge in [-0.25, -0.2) is 0 Å². The molecule has 0 aliphatic rings. The van der Waals surface area contributed by atoms with Gasteiger partial charge in [0.25, 0.3) is 0 Å². The molecule has 0 saturated heterocycles. The fourth-order valence-electron chi connectivity index (χ4n) is 2.39. The summed E-state index contributed by atoms with van der Waals surface area (Å²) in [5, 5.41) is 0. The lowest BCUT2D eigenvalue weighted by molar-refractivity contribution is 0.304. The minimum Gasteiger partial charge on any atom is -0.494 e. The minimum absolute atomic E-state index is 0.541. The van der Waals surface area contributed by atoms with Gasteiger partial charge in [0.05, 0.1) is 16.8 Å². The number of ether oxygens (including phenoxy) is 2. The van der Waals surface area contributed by atoms with E-state index in [1.54, 1.807) is 0 Å². The van der Waals surface area contributed by atoms with E-state index in [0.29, 0.717) is 13.2 Å². The van der Waals surface area contributed by atoms with Crippen LogP contribution in [0.4, 0.5) is 5.69 Å². The fraction of sp³-hybridized carbons (Fsp3) is 0.136. The molecule has 0 amide bonds. The summed E-state index contributed by atoms with van der Waals surface area (Å²) in [6, 6.07) is 23.8. The molecule has 4 heteroatoms. The van der Waals surface area contributed by atoms with E-state index < -0.39 is 0 Å². The van der Waals surface area contributed by atoms with Gasteiger partial charge in [-0.3, -0.25) is 4.99 Å². The largest absolute Gasteiger partial charge is 0.494 e. The van der Waals surface area contributed by atoms with Crippen molar-refractivity contribution in [2.75, 3.05) is 6.61 Å². The first-order valence-electron chi connectivity index (χ1n) is 8.48. The SMILES string of the molecule is CCOc1ccc(N=Cc2ccc(OCc3ccccc3)c(Br)c2)cc1. The van der Waals surface area contributed by atoms with Crippen molar-refractivity contribution in [2.45, 2.75) is 13.5 Å². The molecule has 3 rings (SSSR count). The molecule has 0 fully saturated rings. The van der Waals surface area contributed by atoms with Crippen LogP contribution in [0.15, 0.2) is 82.3 Å². The highest BCUT2D eigenvalue weighted by atomic mass is 79.9. The van der Waals surface area contributed by atoms with E-state index in [2.05, 4.69) is 20.9 Å². The second-order valence-electron chi connectivity index (χ2n) is 5.65. The molecule has 132 valence electrons. The third kappa shape index (κ3) is 5.20. The highest BCUT2D eigenvalue weighted by Gasteiger charge is 2.03. The first-order valence-corrected chi connectivity index (χ1v) is 9.27. The van der Waals surface area contributed by atoms with E-state index in [1.807, 2.05) is 85.9 Å². The number of rotatable bonds is 7. The Morgan fingerprint density at radius 1 is 0.923 bits per heavy atom. The molecule has 26 heavy (non-hydrogen) atoms. The Kier molecular flexibility index (Phi) is 6.45. The maximum atomic E-state index is 5.87. The summed E-state index contributed by atoms with van der Waals surface area (Å²) in [6.45, 7) is 3.17. The zero-order chi connectivity index (χ0) is 18.2. The predicted octanol–water partition coefficient (Wildman–Crippen LogP) is 6.18. The first-order chi connectivity index (χ1) is 12.7. The summed E-state index contributed by atoms with van der Waals surface area (Å²) in [5.41, 5.74) is 3.02. The van der Waals surface area contributed by atoms with Gasteiger partial charge >= 0.3 is 0 Å². The van der Waals surface area contributed by atoms with Gasteiger partial charge in [0.1, 0.15) is 18.1 Å². The Bertz CT molecular complexity index is 861. The van der Waals surface area contributed by atoms with Gasteiger partial charge in [-0.2, -0.15) is 0 Å². The third-order valence-electron chi connectivity index (χ3n) is 3.70. The summed E-state index contributed by atoms with van der Waals surface area (Å²) in [4.78, 5) is 4.50. The second-order valence-corrected chi connectivity index (χ2v) is 6.50. The first kappa shape index (κ1) is 18.2. The average Bonchev–Trinajstić information content (AvgIpc) is 2.68. The highest BCUT2D eigenvalue weighted by Crippen LogP contribution is 2.27. The smallest absolute Gasteiger partial charge is 0.134 e. The monoisotopic (exact) mass is 409 g/mol. The Morgan fingerprint density at radius 3 is 2.38 bits per heavy atom. The number of hydrogen-bond donors (Lipinski definition) is 0. The number of benzene rings is 3. The molecule has 0 aliphatic heterocycles. The van der Waals surface area contributed by atoms with Crippen molar-refractivity contribution in [2.24, 2.45) is 4.99 Å². The van der Waals surface area contributed by atoms with E-state index in [0.717, 1.165) is 32.8 Å². The van der Waals surface area contributed by atoms with Crippen LogP contribution in [-0.4, -0.2) is 12.8 Å². The van der Waals surface area contributed by atoms with E-state index in [4.69, 9.17) is 9.47 Å². The standard InChI is InChI=1S/C22H20BrNO2/c1-2-25-20-11-9-19(10-12-20)24-15-18-8-13-22(21(23)14-18)26-16-17-6-4-3-5-7-17/h3-15H,2,16H2,1H3. The molecule has 0 aromatic heterocycles. The molecule has 0 saturated carbocycles. The molecular formula is C22H20BrNO2. The van der Waals surface area contributed by atoms with Crippen molar-refractivity contribution in [3.63, 3.8) is 0 Å². The molecule has 3 nitrogen and oxygen atoms in total. The van der Waals surface area contributed by atoms with Gasteiger partial charge in [0.15, 0.2) is 0 Å². The molecule has 0 N–H and O–H groups in total. The molecule has 0 bridgehead atoms. The molecule has 0 unspecified atom stereocenters. The third-order valence-corrected chi connectivity index (χ3v) is 4.32. The molecule has 0 radical (unpaired) electrons. The number of nitrogens with zero attached hydrogens (tertiary/aromatic N) is 1. The Labute approximate surface area is 162 Å². The molecular weight excluding hydrogens is 390 g/mol. The number of hydrogen-bond acceptors (Lipinski definition) is 3.